The van der Waals surface area contributed by atoms with Gasteiger partial charge in [0, 0.05) is 25.5 Å². The first kappa shape index (κ1) is 12.5. The molecule has 18 heavy (non-hydrogen) atoms. The third kappa shape index (κ3) is 3.53. The second-order valence-corrected chi connectivity index (χ2v) is 4.32. The summed E-state index contributed by atoms with van der Waals surface area (Å²) in [5, 5.41) is 3.29. The van der Waals surface area contributed by atoms with E-state index in [1.807, 2.05) is 24.7 Å². The average molecular weight is 261 g/mol. The van der Waals surface area contributed by atoms with Crippen LogP contribution in [0.4, 0.5) is 5.69 Å². The van der Waals surface area contributed by atoms with Crippen LogP contribution in [-0.2, 0) is 6.54 Å². The van der Waals surface area contributed by atoms with Crippen molar-refractivity contribution >= 4 is 22.9 Å². The summed E-state index contributed by atoms with van der Waals surface area (Å²) in [7, 11) is 0. The number of pyridine rings is 1. The van der Waals surface area contributed by atoms with E-state index in [0.29, 0.717) is 10.7 Å². The van der Waals surface area contributed by atoms with Crippen LogP contribution >= 0.6 is 12.2 Å². The third-order valence-corrected chi connectivity index (χ3v) is 2.71. The summed E-state index contributed by atoms with van der Waals surface area (Å²) >= 11 is 4.84. The van der Waals surface area contributed by atoms with Crippen LogP contribution in [0.5, 0.6) is 0 Å². The number of imidazole rings is 1. The Morgan fingerprint density at radius 3 is 2.94 bits per heavy atom. The van der Waals surface area contributed by atoms with E-state index < -0.39 is 0 Å². The Hall–Kier alpha value is -1.95. The molecule has 5 nitrogen and oxygen atoms in total. The fourth-order valence-electron chi connectivity index (χ4n) is 1.56. The van der Waals surface area contributed by atoms with Gasteiger partial charge >= 0.3 is 0 Å². The van der Waals surface area contributed by atoms with Crippen LogP contribution in [0.25, 0.3) is 0 Å². The Morgan fingerprint density at radius 1 is 1.44 bits per heavy atom. The highest BCUT2D eigenvalue weighted by Gasteiger charge is 1.98. The molecular weight excluding hydrogens is 246 g/mol. The lowest BCUT2D eigenvalue weighted by Crippen LogP contribution is -2.12. The van der Waals surface area contributed by atoms with Gasteiger partial charge in [-0.3, -0.25) is 4.98 Å². The summed E-state index contributed by atoms with van der Waals surface area (Å²) < 4.78 is 2.05. The number of nitrogens with one attached hydrogen (secondary N) is 1. The molecule has 0 aliphatic heterocycles. The highest BCUT2D eigenvalue weighted by Crippen LogP contribution is 2.06. The average Bonchev–Trinajstić information content (AvgIpc) is 2.88. The van der Waals surface area contributed by atoms with E-state index in [0.717, 1.165) is 25.2 Å². The van der Waals surface area contributed by atoms with E-state index in [9.17, 15) is 0 Å². The molecule has 0 fully saturated rings. The highest BCUT2D eigenvalue weighted by atomic mass is 32.1. The Morgan fingerprint density at radius 2 is 2.33 bits per heavy atom. The Bertz CT molecular complexity index is 492. The molecule has 2 heterocycles. The molecule has 3 N–H and O–H groups in total. The van der Waals surface area contributed by atoms with Gasteiger partial charge in [-0.25, -0.2) is 4.98 Å². The van der Waals surface area contributed by atoms with Crippen LogP contribution in [0, 0.1) is 0 Å². The van der Waals surface area contributed by atoms with Gasteiger partial charge in [0.25, 0.3) is 0 Å². The van der Waals surface area contributed by atoms with Gasteiger partial charge in [-0.2, -0.15) is 0 Å². The maximum Gasteiger partial charge on any atom is 0.122 e. The molecule has 2 aromatic heterocycles. The zero-order chi connectivity index (χ0) is 12.8. The Balaban J connectivity index is 1.75. The maximum absolute atomic E-state index is 5.48. The zero-order valence-corrected chi connectivity index (χ0v) is 10.7. The number of anilines is 1. The van der Waals surface area contributed by atoms with Crippen LogP contribution in [0.3, 0.4) is 0 Å². The predicted molar refractivity (Wildman–Crippen MR) is 75.5 cm³/mol. The van der Waals surface area contributed by atoms with Gasteiger partial charge in [0.05, 0.1) is 23.9 Å². The third-order valence-electron chi connectivity index (χ3n) is 2.50. The first-order valence-corrected chi connectivity index (χ1v) is 6.12. The van der Waals surface area contributed by atoms with Gasteiger partial charge in [0.15, 0.2) is 0 Å². The number of hydrogen-bond donors (Lipinski definition) is 2. The van der Waals surface area contributed by atoms with Gasteiger partial charge in [-0.05, 0) is 18.6 Å². The van der Waals surface area contributed by atoms with Crippen LogP contribution in [-0.4, -0.2) is 26.1 Å². The van der Waals surface area contributed by atoms with Crippen molar-refractivity contribution in [2.45, 2.75) is 13.0 Å². The molecule has 2 aromatic rings. The van der Waals surface area contributed by atoms with E-state index in [4.69, 9.17) is 18.0 Å². The first-order chi connectivity index (χ1) is 8.75. The van der Waals surface area contributed by atoms with Crippen molar-refractivity contribution in [1.29, 1.82) is 0 Å². The minimum Gasteiger partial charge on any atom is -0.388 e. The van der Waals surface area contributed by atoms with Crippen molar-refractivity contribution in [3.8, 4) is 0 Å². The van der Waals surface area contributed by atoms with Gasteiger partial charge < -0.3 is 15.6 Å². The van der Waals surface area contributed by atoms with Crippen LogP contribution in [0.15, 0.2) is 37.1 Å². The number of hydrogen-bond acceptors (Lipinski definition) is 4. The Labute approximate surface area is 111 Å². The monoisotopic (exact) mass is 261 g/mol. The van der Waals surface area contributed by atoms with E-state index in [1.165, 1.54) is 0 Å². The summed E-state index contributed by atoms with van der Waals surface area (Å²) in [6.07, 6.45) is 8.32. The van der Waals surface area contributed by atoms with Gasteiger partial charge in [0.1, 0.15) is 4.99 Å². The molecule has 0 saturated heterocycles. The van der Waals surface area contributed by atoms with Gasteiger partial charge in [-0.15, -0.1) is 0 Å². The van der Waals surface area contributed by atoms with Gasteiger partial charge in [0.2, 0.25) is 0 Å². The van der Waals surface area contributed by atoms with Crippen molar-refractivity contribution in [3.05, 3.63) is 42.7 Å². The maximum atomic E-state index is 5.48. The lowest BCUT2D eigenvalue weighted by atomic mass is 10.3. The first-order valence-electron chi connectivity index (χ1n) is 5.71. The minimum atomic E-state index is 0.321. The molecule has 2 rings (SSSR count). The standard InChI is InChI=1S/C12H15N5S/c13-12(18)11-3-2-10(8-16-11)15-4-1-6-17-7-5-14-9-17/h2-3,5,7-9,15H,1,4,6H2,(H2,13,18). The smallest absolute Gasteiger partial charge is 0.122 e. The number of nitrogens with zero attached hydrogens (tertiary/aromatic N) is 3. The molecule has 0 spiro atoms. The molecule has 0 saturated carbocycles. The zero-order valence-electron chi connectivity index (χ0n) is 9.91. The van der Waals surface area contributed by atoms with E-state index >= 15 is 0 Å². The number of aromatic nitrogens is 3. The molecule has 6 heteroatoms. The lowest BCUT2D eigenvalue weighted by molar-refractivity contribution is 0.660. The van der Waals surface area contributed by atoms with Crippen molar-refractivity contribution in [3.63, 3.8) is 0 Å². The van der Waals surface area contributed by atoms with Crippen molar-refractivity contribution < 1.29 is 0 Å². The lowest BCUT2D eigenvalue weighted by Gasteiger charge is -2.07. The van der Waals surface area contributed by atoms with Crippen molar-refractivity contribution in [2.24, 2.45) is 5.73 Å². The second kappa shape index (κ2) is 6.11. The molecule has 0 bridgehead atoms. The molecule has 0 aromatic carbocycles. The number of thiocarbonyl (C=S) groups is 1. The SMILES string of the molecule is NC(=S)c1ccc(NCCCn2ccnc2)cn1. The summed E-state index contributed by atoms with van der Waals surface area (Å²) in [6.45, 7) is 1.83. The van der Waals surface area contributed by atoms with Crippen LogP contribution < -0.4 is 11.1 Å². The van der Waals surface area contributed by atoms with Crippen LogP contribution in [0.1, 0.15) is 12.1 Å². The number of rotatable bonds is 6. The molecule has 94 valence electrons. The largest absolute Gasteiger partial charge is 0.388 e. The van der Waals surface area contributed by atoms with Crippen molar-refractivity contribution in [2.75, 3.05) is 11.9 Å². The van der Waals surface area contributed by atoms with Crippen molar-refractivity contribution in [1.82, 2.24) is 14.5 Å². The molecular formula is C12H15N5S. The minimum absolute atomic E-state index is 0.321. The van der Waals surface area contributed by atoms with E-state index in [2.05, 4.69) is 19.9 Å². The molecule has 0 aliphatic carbocycles. The highest BCUT2D eigenvalue weighted by molar-refractivity contribution is 7.80. The normalized spacial score (nSPS) is 10.2. The van der Waals surface area contributed by atoms with Gasteiger partial charge in [-0.1, -0.05) is 12.2 Å². The summed E-state index contributed by atoms with van der Waals surface area (Å²) in [4.78, 5) is 8.48. The van der Waals surface area contributed by atoms with E-state index in [-0.39, 0.29) is 0 Å². The quantitative estimate of drug-likeness (QED) is 0.608. The van der Waals surface area contributed by atoms with E-state index in [1.54, 1.807) is 12.4 Å². The molecule has 0 aliphatic rings. The molecule has 0 atom stereocenters. The Kier molecular flexibility index (Phi) is 4.25. The number of nitrogens with two attached hydrogens (primary N) is 1. The molecule has 0 amide bonds. The van der Waals surface area contributed by atoms with Crippen LogP contribution in [0.2, 0.25) is 0 Å². The number of aryl methyl sites for hydroxylation is 1. The summed E-state index contributed by atoms with van der Waals surface area (Å²) in [5.74, 6) is 0. The topological polar surface area (TPSA) is 68.8 Å². The predicted octanol–water partition coefficient (Wildman–Crippen LogP) is 1.41. The summed E-state index contributed by atoms with van der Waals surface area (Å²) in [6, 6.07) is 3.75. The molecule has 0 radical (unpaired) electrons. The fraction of sp³-hybridized carbons (Fsp3) is 0.250. The fourth-order valence-corrected chi connectivity index (χ4v) is 1.68. The molecule has 0 unspecified atom stereocenters. The summed E-state index contributed by atoms with van der Waals surface area (Å²) in [5.41, 5.74) is 7.10. The second-order valence-electron chi connectivity index (χ2n) is 3.88.